The Labute approximate surface area is 184 Å². The van der Waals surface area contributed by atoms with E-state index in [0.717, 1.165) is 24.4 Å². The highest BCUT2D eigenvalue weighted by atomic mass is 16.5. The lowest BCUT2D eigenvalue weighted by Gasteiger charge is -2.29. The second-order valence-corrected chi connectivity index (χ2v) is 9.80. The largest absolute Gasteiger partial charge is 0.373 e. The van der Waals surface area contributed by atoms with E-state index in [4.69, 9.17) is 4.74 Å². The van der Waals surface area contributed by atoms with Gasteiger partial charge in [0.05, 0.1) is 12.7 Å². The van der Waals surface area contributed by atoms with Crippen LogP contribution in [0.15, 0.2) is 48.5 Å². The summed E-state index contributed by atoms with van der Waals surface area (Å²) in [7, 11) is 0. The fraction of sp³-hybridized carbons (Fsp3) is 0.586. The van der Waals surface area contributed by atoms with Crippen LogP contribution in [0.1, 0.15) is 101 Å². The Morgan fingerprint density at radius 2 is 1.17 bits per heavy atom. The third-order valence-corrected chi connectivity index (χ3v) is 7.61. The molecule has 2 unspecified atom stereocenters. The molecular weight excluding hydrogens is 364 g/mol. The average Bonchev–Trinajstić information content (AvgIpc) is 2.81. The lowest BCUT2D eigenvalue weighted by atomic mass is 9.77. The molecule has 1 heterocycles. The van der Waals surface area contributed by atoms with Gasteiger partial charge in [-0.1, -0.05) is 81.6 Å². The SMILES string of the molecule is CCCC1CCC(c2ccc(-c3ccc(C4CCC(CCC)CO4)cc3)cc2)CC1. The van der Waals surface area contributed by atoms with Crippen molar-refractivity contribution in [2.75, 3.05) is 6.61 Å². The van der Waals surface area contributed by atoms with Crippen molar-refractivity contribution in [1.29, 1.82) is 0 Å². The highest BCUT2D eigenvalue weighted by Gasteiger charge is 2.23. The second kappa shape index (κ2) is 10.6. The van der Waals surface area contributed by atoms with Crippen molar-refractivity contribution in [3.05, 3.63) is 59.7 Å². The van der Waals surface area contributed by atoms with Crippen molar-refractivity contribution in [1.82, 2.24) is 0 Å². The van der Waals surface area contributed by atoms with Crippen LogP contribution in [0.25, 0.3) is 11.1 Å². The van der Waals surface area contributed by atoms with E-state index < -0.39 is 0 Å². The minimum absolute atomic E-state index is 0.289. The predicted molar refractivity (Wildman–Crippen MR) is 128 cm³/mol. The molecular formula is C29H40O. The van der Waals surface area contributed by atoms with Crippen LogP contribution >= 0.6 is 0 Å². The van der Waals surface area contributed by atoms with Gasteiger partial charge in [-0.3, -0.25) is 0 Å². The number of ether oxygens (including phenoxy) is 1. The van der Waals surface area contributed by atoms with Gasteiger partial charge in [0, 0.05) is 0 Å². The summed E-state index contributed by atoms with van der Waals surface area (Å²) in [6, 6.07) is 18.5. The summed E-state index contributed by atoms with van der Waals surface area (Å²) in [4.78, 5) is 0. The molecule has 0 N–H and O–H groups in total. The van der Waals surface area contributed by atoms with Crippen molar-refractivity contribution >= 4 is 0 Å². The number of rotatable bonds is 7. The first-order valence-corrected chi connectivity index (χ1v) is 12.6. The van der Waals surface area contributed by atoms with Crippen LogP contribution in [-0.4, -0.2) is 6.61 Å². The van der Waals surface area contributed by atoms with E-state index in [1.807, 2.05) is 0 Å². The maximum Gasteiger partial charge on any atom is 0.0825 e. The number of hydrogen-bond acceptors (Lipinski definition) is 1. The van der Waals surface area contributed by atoms with Crippen LogP contribution < -0.4 is 0 Å². The molecule has 1 saturated heterocycles. The minimum atomic E-state index is 0.289. The lowest BCUT2D eigenvalue weighted by Crippen LogP contribution is -2.20. The van der Waals surface area contributed by atoms with Gasteiger partial charge in [0.1, 0.15) is 0 Å². The molecule has 30 heavy (non-hydrogen) atoms. The monoisotopic (exact) mass is 404 g/mol. The lowest BCUT2D eigenvalue weighted by molar-refractivity contribution is -0.0194. The van der Waals surface area contributed by atoms with Gasteiger partial charge >= 0.3 is 0 Å². The van der Waals surface area contributed by atoms with Crippen LogP contribution in [0.3, 0.4) is 0 Å². The van der Waals surface area contributed by atoms with E-state index in [2.05, 4.69) is 62.4 Å². The van der Waals surface area contributed by atoms with E-state index in [1.165, 1.54) is 80.9 Å². The molecule has 2 aliphatic rings. The highest BCUT2D eigenvalue weighted by molar-refractivity contribution is 5.64. The summed E-state index contributed by atoms with van der Waals surface area (Å²) < 4.78 is 6.18. The Morgan fingerprint density at radius 3 is 1.70 bits per heavy atom. The molecule has 2 aromatic rings. The van der Waals surface area contributed by atoms with Crippen LogP contribution in [-0.2, 0) is 4.74 Å². The van der Waals surface area contributed by atoms with Gasteiger partial charge in [-0.25, -0.2) is 0 Å². The molecule has 0 aromatic heterocycles. The molecule has 0 spiro atoms. The fourth-order valence-electron chi connectivity index (χ4n) is 5.74. The van der Waals surface area contributed by atoms with Gasteiger partial charge in [0.2, 0.25) is 0 Å². The fourth-order valence-corrected chi connectivity index (χ4v) is 5.74. The van der Waals surface area contributed by atoms with E-state index in [0.29, 0.717) is 0 Å². The summed E-state index contributed by atoms with van der Waals surface area (Å²) in [6.07, 6.45) is 13.7. The maximum atomic E-state index is 6.18. The zero-order chi connectivity index (χ0) is 20.8. The van der Waals surface area contributed by atoms with Crippen molar-refractivity contribution in [2.24, 2.45) is 11.8 Å². The van der Waals surface area contributed by atoms with Gasteiger partial charge in [0.15, 0.2) is 0 Å². The first-order chi connectivity index (χ1) is 14.8. The quantitative estimate of drug-likeness (QED) is 0.448. The van der Waals surface area contributed by atoms with Crippen molar-refractivity contribution in [3.8, 4) is 11.1 Å². The van der Waals surface area contributed by atoms with Crippen LogP contribution in [0.4, 0.5) is 0 Å². The summed E-state index contributed by atoms with van der Waals surface area (Å²) in [6.45, 7) is 5.53. The Morgan fingerprint density at radius 1 is 0.633 bits per heavy atom. The molecule has 4 rings (SSSR count). The zero-order valence-corrected chi connectivity index (χ0v) is 19.1. The van der Waals surface area contributed by atoms with E-state index >= 15 is 0 Å². The van der Waals surface area contributed by atoms with Crippen molar-refractivity contribution < 1.29 is 4.74 Å². The van der Waals surface area contributed by atoms with Gasteiger partial charge < -0.3 is 4.74 Å². The summed E-state index contributed by atoms with van der Waals surface area (Å²) in [5, 5.41) is 0. The molecule has 1 nitrogen and oxygen atoms in total. The normalized spacial score (nSPS) is 27.1. The molecule has 0 bridgehead atoms. The zero-order valence-electron chi connectivity index (χ0n) is 19.1. The van der Waals surface area contributed by atoms with Gasteiger partial charge in [-0.15, -0.1) is 0 Å². The second-order valence-electron chi connectivity index (χ2n) is 9.80. The van der Waals surface area contributed by atoms with Gasteiger partial charge in [-0.05, 0) is 85.0 Å². The molecule has 1 aliphatic carbocycles. The van der Waals surface area contributed by atoms with E-state index in [-0.39, 0.29) is 6.10 Å². The first-order valence-electron chi connectivity index (χ1n) is 12.6. The molecule has 0 amide bonds. The standard InChI is InChI=1S/C29H40O/c1-3-5-22-7-10-24(11-8-22)25-12-14-26(15-13-25)27-16-18-28(19-17-27)29-20-9-23(6-4-2)21-30-29/h12-19,22-24,29H,3-11,20-21H2,1-2H3. The number of benzene rings is 2. The van der Waals surface area contributed by atoms with Crippen molar-refractivity contribution in [3.63, 3.8) is 0 Å². The molecule has 2 fully saturated rings. The molecule has 1 aliphatic heterocycles. The summed E-state index contributed by atoms with van der Waals surface area (Å²) in [5.74, 6) is 2.52. The van der Waals surface area contributed by atoms with Gasteiger partial charge in [0.25, 0.3) is 0 Å². The molecule has 2 atom stereocenters. The van der Waals surface area contributed by atoms with Crippen molar-refractivity contribution in [2.45, 2.75) is 90.1 Å². The van der Waals surface area contributed by atoms with Crippen LogP contribution in [0, 0.1) is 11.8 Å². The van der Waals surface area contributed by atoms with Crippen LogP contribution in [0.5, 0.6) is 0 Å². The first kappa shape index (κ1) is 21.6. The average molecular weight is 405 g/mol. The Bertz CT molecular complexity index is 676. The number of hydrogen-bond donors (Lipinski definition) is 0. The third kappa shape index (κ3) is 5.35. The molecule has 0 radical (unpaired) electrons. The smallest absolute Gasteiger partial charge is 0.0825 e. The third-order valence-electron chi connectivity index (χ3n) is 7.61. The minimum Gasteiger partial charge on any atom is -0.373 e. The molecule has 2 aromatic carbocycles. The molecule has 162 valence electrons. The van der Waals surface area contributed by atoms with E-state index in [1.54, 1.807) is 5.56 Å². The molecule has 1 heteroatoms. The highest BCUT2D eigenvalue weighted by Crippen LogP contribution is 2.38. The summed E-state index contributed by atoms with van der Waals surface area (Å²) >= 11 is 0. The topological polar surface area (TPSA) is 9.23 Å². The maximum absolute atomic E-state index is 6.18. The Hall–Kier alpha value is -1.60. The van der Waals surface area contributed by atoms with Gasteiger partial charge in [-0.2, -0.15) is 0 Å². The van der Waals surface area contributed by atoms with Crippen LogP contribution in [0.2, 0.25) is 0 Å². The van der Waals surface area contributed by atoms with E-state index in [9.17, 15) is 0 Å². The Balaban J connectivity index is 1.33. The molecule has 1 saturated carbocycles. The predicted octanol–water partition coefficient (Wildman–Crippen LogP) is 8.70. The summed E-state index contributed by atoms with van der Waals surface area (Å²) in [5.41, 5.74) is 5.53. The Kier molecular flexibility index (Phi) is 7.66.